The quantitative estimate of drug-likeness (QED) is 0.418. The minimum absolute atomic E-state index is 0. The molecule has 0 aliphatic heterocycles. The van der Waals surface area contributed by atoms with Gasteiger partial charge in [-0.2, -0.15) is 0 Å². The van der Waals surface area contributed by atoms with Gasteiger partial charge in [0.25, 0.3) is 0 Å². The molecular formula is C16H34LiSn. The summed E-state index contributed by atoms with van der Waals surface area (Å²) in [6.07, 6.45) is 12.1. The largest absolute Gasteiger partial charge is 1.00 e. The van der Waals surface area contributed by atoms with Crippen molar-refractivity contribution in [1.82, 2.24) is 0 Å². The molecule has 0 aromatic heterocycles. The summed E-state index contributed by atoms with van der Waals surface area (Å²) >= 11 is -0.839. The Hall–Kier alpha value is 0.876. The first-order valence-corrected chi connectivity index (χ1v) is 13.4. The Morgan fingerprint density at radius 3 is 1.22 bits per heavy atom. The van der Waals surface area contributed by atoms with E-state index in [0.717, 1.165) is 0 Å². The Morgan fingerprint density at radius 1 is 0.778 bits per heavy atom. The molecule has 18 heavy (non-hydrogen) atoms. The molecule has 0 fully saturated rings. The van der Waals surface area contributed by atoms with Crippen molar-refractivity contribution in [1.29, 1.82) is 0 Å². The maximum absolute atomic E-state index is 3.36. The second kappa shape index (κ2) is 23.0. The Kier molecular flexibility index (Phi) is 30.6. The smallest absolute Gasteiger partial charge is 1.00 e. The second-order valence-corrected chi connectivity index (χ2v) is 13.1. The molecule has 0 N–H and O–H groups in total. The van der Waals surface area contributed by atoms with Crippen LogP contribution in [0.3, 0.4) is 0 Å². The average Bonchev–Trinajstić information content (AvgIpc) is 2.38. The van der Waals surface area contributed by atoms with Gasteiger partial charge in [0.1, 0.15) is 0 Å². The third kappa shape index (κ3) is 22.1. The first-order valence-electron chi connectivity index (χ1n) is 7.33. The van der Waals surface area contributed by atoms with E-state index in [0.29, 0.717) is 0 Å². The number of unbranched alkanes of at least 4 members (excludes halogenated alkanes) is 3. The van der Waals surface area contributed by atoms with Crippen molar-refractivity contribution in [2.24, 2.45) is 0 Å². The van der Waals surface area contributed by atoms with Gasteiger partial charge in [-0.15, -0.1) is 0 Å². The molecule has 0 spiro atoms. The molecule has 1 radical (unpaired) electrons. The molecule has 0 aliphatic carbocycles. The second-order valence-electron chi connectivity index (χ2n) is 4.53. The predicted molar refractivity (Wildman–Crippen MR) is 86.4 cm³/mol. The fourth-order valence-electron chi connectivity index (χ4n) is 1.66. The summed E-state index contributed by atoms with van der Waals surface area (Å²) in [5.41, 5.74) is 0. The third-order valence-electron chi connectivity index (χ3n) is 2.82. The molecule has 0 amide bonds. The van der Waals surface area contributed by atoms with Crippen LogP contribution in [0.1, 0.15) is 60.7 Å². The van der Waals surface area contributed by atoms with Gasteiger partial charge in [-0.05, 0) is 0 Å². The van der Waals surface area contributed by atoms with Gasteiger partial charge in [-0.3, -0.25) is 0 Å². The first kappa shape index (κ1) is 23.9. The Bertz CT molecular complexity index is 138. The normalized spacial score (nSPS) is 9.11. The molecule has 0 aromatic carbocycles. The molecule has 0 heterocycles. The van der Waals surface area contributed by atoms with Gasteiger partial charge in [-0.25, -0.2) is 0 Å². The van der Waals surface area contributed by atoms with E-state index < -0.39 is 19.8 Å². The fraction of sp³-hybridized carbons (Fsp3) is 0.750. The van der Waals surface area contributed by atoms with Crippen LogP contribution in [0.2, 0.25) is 13.3 Å². The zero-order valence-electron chi connectivity index (χ0n) is 14.4. The summed E-state index contributed by atoms with van der Waals surface area (Å²) < 4.78 is 5.04. The van der Waals surface area contributed by atoms with Crippen molar-refractivity contribution < 1.29 is 20.3 Å². The topological polar surface area (TPSA) is 0 Å². The third-order valence-corrected chi connectivity index (χ3v) is 11.9. The molecule has 0 atom stereocenters. The van der Waals surface area contributed by atoms with E-state index in [4.69, 9.17) is 0 Å². The minimum Gasteiger partial charge on any atom is -1.00 e. The van der Waals surface area contributed by atoms with Crippen LogP contribution in [-0.4, -0.2) is 19.8 Å². The van der Waals surface area contributed by atoms with Crippen molar-refractivity contribution in [2.75, 3.05) is 0 Å². The number of hydrogen-bond acceptors (Lipinski definition) is 0. The van der Waals surface area contributed by atoms with Crippen LogP contribution in [0.15, 0.2) is 25.3 Å². The van der Waals surface area contributed by atoms with Gasteiger partial charge in [0.2, 0.25) is 0 Å². The van der Waals surface area contributed by atoms with Crippen molar-refractivity contribution in [3.63, 3.8) is 0 Å². The maximum Gasteiger partial charge on any atom is 1.00 e. The van der Waals surface area contributed by atoms with Gasteiger partial charge >= 0.3 is 111 Å². The zero-order chi connectivity index (χ0) is 13.4. The van der Waals surface area contributed by atoms with Gasteiger partial charge in [0.15, 0.2) is 0 Å². The molecule has 0 unspecified atom stereocenters. The van der Waals surface area contributed by atoms with E-state index >= 15 is 0 Å². The zero-order valence-corrected chi connectivity index (χ0v) is 16.3. The van der Waals surface area contributed by atoms with Crippen molar-refractivity contribution in [3.8, 4) is 0 Å². The summed E-state index contributed by atoms with van der Waals surface area (Å²) in [6.45, 7) is 13.7. The van der Waals surface area contributed by atoms with Crippen LogP contribution in [0.25, 0.3) is 0 Å². The minimum atomic E-state index is -0.839. The van der Waals surface area contributed by atoms with E-state index in [-0.39, 0.29) is 20.3 Å². The van der Waals surface area contributed by atoms with Gasteiger partial charge in [-0.1, -0.05) is 25.3 Å². The molecule has 0 saturated carbocycles. The van der Waals surface area contributed by atoms with Crippen LogP contribution in [0.5, 0.6) is 0 Å². The summed E-state index contributed by atoms with van der Waals surface area (Å²) in [5, 5.41) is 0. The number of rotatable bonds is 10. The molecule has 0 aliphatic rings. The molecule has 0 rings (SSSR count). The standard InChI is InChI=1S/3C4H9.C4H6.Li.Sn.H/c4*1-3-4-2;;;/h3*1,3-4H2,2H3;3-4H,1-2H2;;;/q;;;;+1;;-1. The van der Waals surface area contributed by atoms with Crippen LogP contribution in [0.4, 0.5) is 0 Å². The Labute approximate surface area is 137 Å². The van der Waals surface area contributed by atoms with E-state index in [9.17, 15) is 0 Å². The van der Waals surface area contributed by atoms with Gasteiger partial charge < -0.3 is 1.43 Å². The van der Waals surface area contributed by atoms with E-state index in [1.54, 1.807) is 25.5 Å². The number of allylic oxidation sites excluding steroid dienone is 2. The number of hydrogen-bond donors (Lipinski definition) is 0. The molecule has 2 heteroatoms. The van der Waals surface area contributed by atoms with Crippen molar-refractivity contribution in [2.45, 2.75) is 72.6 Å². The van der Waals surface area contributed by atoms with Crippen LogP contribution < -0.4 is 18.9 Å². The summed E-state index contributed by atoms with van der Waals surface area (Å²) in [6, 6.07) is 0. The molecule has 0 saturated heterocycles. The SMILES string of the molecule is C=CC=C.CCC[CH2][Sn]([CH2]CCC)[CH2]CCC.[H-].[Li+]. The molecule has 0 nitrogen and oxygen atoms in total. The van der Waals surface area contributed by atoms with Crippen molar-refractivity contribution in [3.05, 3.63) is 25.3 Å². The molecule has 0 aromatic rings. The van der Waals surface area contributed by atoms with Crippen LogP contribution in [0, 0.1) is 0 Å². The van der Waals surface area contributed by atoms with Crippen LogP contribution in [-0.2, 0) is 0 Å². The monoisotopic (exact) mass is 353 g/mol. The molecular weight excluding hydrogens is 318 g/mol. The Morgan fingerprint density at radius 2 is 1.06 bits per heavy atom. The van der Waals surface area contributed by atoms with E-state index in [1.807, 2.05) is 0 Å². The average molecular weight is 352 g/mol. The summed E-state index contributed by atoms with van der Waals surface area (Å²) in [4.78, 5) is 0. The summed E-state index contributed by atoms with van der Waals surface area (Å²) in [5.74, 6) is 0. The first-order chi connectivity index (χ1) is 8.26. The van der Waals surface area contributed by atoms with Gasteiger partial charge in [0, 0.05) is 0 Å². The Balaban J connectivity index is -0.000000165. The van der Waals surface area contributed by atoms with E-state index in [1.165, 1.54) is 38.5 Å². The molecule has 103 valence electrons. The predicted octanol–water partition coefficient (Wildman–Crippen LogP) is 3.36. The molecule has 0 bridgehead atoms. The van der Waals surface area contributed by atoms with E-state index in [2.05, 4.69) is 33.9 Å². The van der Waals surface area contributed by atoms with Crippen LogP contribution >= 0.6 is 0 Å². The van der Waals surface area contributed by atoms with Gasteiger partial charge in [0.05, 0.1) is 0 Å². The fourth-order valence-corrected chi connectivity index (χ4v) is 11.1. The maximum atomic E-state index is 3.36. The summed E-state index contributed by atoms with van der Waals surface area (Å²) in [7, 11) is 0. The van der Waals surface area contributed by atoms with Crippen molar-refractivity contribution >= 4 is 19.8 Å².